The van der Waals surface area contributed by atoms with Crippen LogP contribution < -0.4 is 10.9 Å². The van der Waals surface area contributed by atoms with Crippen LogP contribution in [0, 0.1) is 5.92 Å². The average molecular weight is 223 g/mol. The maximum Gasteiger partial charge on any atom is 0.261 e. The number of carbonyl (C=O) groups excluding carboxylic acids is 1. The van der Waals surface area contributed by atoms with Crippen molar-refractivity contribution in [1.82, 2.24) is 10.9 Å². The van der Waals surface area contributed by atoms with E-state index < -0.39 is 0 Å². The van der Waals surface area contributed by atoms with Crippen LogP contribution in [0.3, 0.4) is 0 Å². The van der Waals surface area contributed by atoms with E-state index in [0.717, 1.165) is 18.5 Å². The summed E-state index contributed by atoms with van der Waals surface area (Å²) in [6.45, 7) is 0.849. The van der Waals surface area contributed by atoms with Gasteiger partial charge in [-0.3, -0.25) is 10.2 Å². The van der Waals surface area contributed by atoms with Crippen molar-refractivity contribution in [3.63, 3.8) is 0 Å². The first-order valence-corrected chi connectivity index (χ1v) is 3.78. The van der Waals surface area contributed by atoms with Gasteiger partial charge in [-0.15, -0.1) is 24.8 Å². The van der Waals surface area contributed by atoms with Crippen LogP contribution in [0.2, 0.25) is 0 Å². The Hall–Kier alpha value is -0.510. The Morgan fingerprint density at radius 3 is 2.85 bits per heavy atom. The van der Waals surface area contributed by atoms with Crippen LogP contribution in [-0.2, 0) is 4.79 Å². The first kappa shape index (κ1) is 12.5. The van der Waals surface area contributed by atoms with Gasteiger partial charge in [0, 0.05) is 18.0 Å². The fraction of sp³-hybridized carbons (Fsp3) is 0.375. The van der Waals surface area contributed by atoms with E-state index in [0.29, 0.717) is 5.92 Å². The zero-order valence-electron chi connectivity index (χ0n) is 6.95. The van der Waals surface area contributed by atoms with Crippen molar-refractivity contribution in [2.75, 3.05) is 6.54 Å². The minimum Gasteiger partial charge on any atom is -0.288 e. The van der Waals surface area contributed by atoms with Crippen LogP contribution in [0.25, 0.3) is 0 Å². The number of halogens is 2. The third kappa shape index (κ3) is 2.46. The number of fused-ring (bicyclic) bond motifs is 1. The van der Waals surface area contributed by atoms with Crippen LogP contribution in [0.4, 0.5) is 0 Å². The van der Waals surface area contributed by atoms with Gasteiger partial charge in [0.15, 0.2) is 0 Å². The van der Waals surface area contributed by atoms with Crippen LogP contribution >= 0.6 is 24.8 Å². The van der Waals surface area contributed by atoms with E-state index in [9.17, 15) is 4.79 Å². The quantitative estimate of drug-likeness (QED) is 0.642. The topological polar surface area (TPSA) is 41.1 Å². The maximum absolute atomic E-state index is 11.2. The van der Waals surface area contributed by atoms with E-state index in [4.69, 9.17) is 0 Å². The number of amides is 1. The molecule has 0 spiro atoms. The van der Waals surface area contributed by atoms with E-state index in [1.807, 2.05) is 12.2 Å². The van der Waals surface area contributed by atoms with Gasteiger partial charge >= 0.3 is 0 Å². The highest BCUT2D eigenvalue weighted by Crippen LogP contribution is 2.21. The van der Waals surface area contributed by atoms with Crippen molar-refractivity contribution in [3.05, 3.63) is 23.8 Å². The largest absolute Gasteiger partial charge is 0.288 e. The molecule has 1 amide bonds. The van der Waals surface area contributed by atoms with E-state index in [-0.39, 0.29) is 30.7 Å². The third-order valence-corrected chi connectivity index (χ3v) is 2.08. The second-order valence-electron chi connectivity index (χ2n) is 2.82. The Bertz CT molecular complexity index is 251. The van der Waals surface area contributed by atoms with Gasteiger partial charge in [0.25, 0.3) is 5.91 Å². The molecule has 1 heterocycles. The Morgan fingerprint density at radius 2 is 2.15 bits per heavy atom. The molecule has 1 fully saturated rings. The maximum atomic E-state index is 11.2. The molecule has 2 N–H and O–H groups in total. The fourth-order valence-electron chi connectivity index (χ4n) is 1.46. The van der Waals surface area contributed by atoms with Crippen LogP contribution in [0.1, 0.15) is 6.42 Å². The minimum absolute atomic E-state index is 0. The molecule has 3 nitrogen and oxygen atoms in total. The molecular formula is C8H12Cl2N2O. The zero-order valence-corrected chi connectivity index (χ0v) is 8.58. The molecule has 0 radical (unpaired) electrons. The molecule has 2 rings (SSSR count). The van der Waals surface area contributed by atoms with Gasteiger partial charge in [-0.25, -0.2) is 5.43 Å². The van der Waals surface area contributed by atoms with Gasteiger partial charge in [0.1, 0.15) is 0 Å². The van der Waals surface area contributed by atoms with Crippen molar-refractivity contribution in [3.8, 4) is 0 Å². The highest BCUT2D eigenvalue weighted by atomic mass is 35.5. The summed E-state index contributed by atoms with van der Waals surface area (Å²) in [4.78, 5) is 11.2. The molecule has 0 aromatic heterocycles. The standard InChI is InChI=1S/C8H10N2O.2ClH/c11-8-7-4-2-1-3-6(7)5-9-10-8;;/h1-2,4,6,9H,3,5H2,(H,10,11);2*1H. The molecule has 0 bridgehead atoms. The summed E-state index contributed by atoms with van der Waals surface area (Å²) in [5.74, 6) is 0.402. The smallest absolute Gasteiger partial charge is 0.261 e. The summed E-state index contributed by atoms with van der Waals surface area (Å²) in [6.07, 6.45) is 6.90. The van der Waals surface area contributed by atoms with Crippen molar-refractivity contribution < 1.29 is 4.79 Å². The first-order chi connectivity index (χ1) is 5.38. The number of hydrogen-bond acceptors (Lipinski definition) is 2. The van der Waals surface area contributed by atoms with Gasteiger partial charge in [-0.1, -0.05) is 18.2 Å². The SMILES string of the molecule is Cl.Cl.O=C1NNCC2CC=CC=C12. The Labute approximate surface area is 89.4 Å². The van der Waals surface area contributed by atoms with E-state index in [1.165, 1.54) is 0 Å². The molecule has 0 saturated carbocycles. The number of nitrogens with one attached hydrogen (secondary N) is 2. The van der Waals surface area contributed by atoms with Crippen molar-refractivity contribution >= 4 is 30.7 Å². The average Bonchev–Trinajstić information content (AvgIpc) is 2.06. The second kappa shape index (κ2) is 5.27. The van der Waals surface area contributed by atoms with Crippen LogP contribution in [-0.4, -0.2) is 12.5 Å². The predicted molar refractivity (Wildman–Crippen MR) is 56.0 cm³/mol. The summed E-state index contributed by atoms with van der Waals surface area (Å²) in [5.41, 5.74) is 6.36. The monoisotopic (exact) mass is 222 g/mol. The molecule has 1 aliphatic heterocycles. The van der Waals surface area contributed by atoms with E-state index >= 15 is 0 Å². The number of hydrazine groups is 1. The van der Waals surface area contributed by atoms with Crippen molar-refractivity contribution in [2.45, 2.75) is 6.42 Å². The zero-order chi connectivity index (χ0) is 7.68. The molecular weight excluding hydrogens is 211 g/mol. The second-order valence-corrected chi connectivity index (χ2v) is 2.82. The molecule has 1 aliphatic carbocycles. The lowest BCUT2D eigenvalue weighted by Gasteiger charge is -2.26. The summed E-state index contributed by atoms with van der Waals surface area (Å²) in [5, 5.41) is 0. The first-order valence-electron chi connectivity index (χ1n) is 3.78. The summed E-state index contributed by atoms with van der Waals surface area (Å²) in [7, 11) is 0. The number of allylic oxidation sites excluding steroid dienone is 3. The van der Waals surface area contributed by atoms with E-state index in [2.05, 4.69) is 16.9 Å². The molecule has 0 aromatic rings. The molecule has 2 aliphatic rings. The Morgan fingerprint density at radius 1 is 1.38 bits per heavy atom. The number of hydrogen-bond donors (Lipinski definition) is 2. The summed E-state index contributed by atoms with van der Waals surface area (Å²) >= 11 is 0. The Kier molecular flexibility index (Phi) is 5.06. The molecule has 5 heteroatoms. The summed E-state index contributed by atoms with van der Waals surface area (Å²) in [6, 6.07) is 0. The van der Waals surface area contributed by atoms with Gasteiger partial charge < -0.3 is 0 Å². The molecule has 1 atom stereocenters. The lowest BCUT2D eigenvalue weighted by molar-refractivity contribution is -0.120. The predicted octanol–water partition coefficient (Wildman–Crippen LogP) is 0.967. The molecule has 0 aromatic carbocycles. The van der Waals surface area contributed by atoms with Crippen molar-refractivity contribution in [2.24, 2.45) is 5.92 Å². The lowest BCUT2D eigenvalue weighted by Crippen LogP contribution is -2.48. The normalized spacial score (nSPS) is 24.5. The fourth-order valence-corrected chi connectivity index (χ4v) is 1.46. The van der Waals surface area contributed by atoms with Crippen LogP contribution in [0.15, 0.2) is 23.8 Å². The Balaban J connectivity index is 0.000000720. The van der Waals surface area contributed by atoms with Gasteiger partial charge in [0.05, 0.1) is 0 Å². The summed E-state index contributed by atoms with van der Waals surface area (Å²) < 4.78 is 0. The highest BCUT2D eigenvalue weighted by Gasteiger charge is 2.24. The van der Waals surface area contributed by atoms with E-state index in [1.54, 1.807) is 0 Å². The van der Waals surface area contributed by atoms with Gasteiger partial charge in [-0.2, -0.15) is 0 Å². The van der Waals surface area contributed by atoms with Crippen molar-refractivity contribution in [1.29, 1.82) is 0 Å². The van der Waals surface area contributed by atoms with Crippen LogP contribution in [0.5, 0.6) is 0 Å². The number of rotatable bonds is 0. The molecule has 1 saturated heterocycles. The molecule has 1 unspecified atom stereocenters. The molecule has 74 valence electrons. The number of carbonyl (C=O) groups is 1. The minimum atomic E-state index is 0. The highest BCUT2D eigenvalue weighted by molar-refractivity contribution is 5.94. The van der Waals surface area contributed by atoms with Gasteiger partial charge in [0.2, 0.25) is 0 Å². The molecule has 13 heavy (non-hydrogen) atoms. The third-order valence-electron chi connectivity index (χ3n) is 2.08. The van der Waals surface area contributed by atoms with Gasteiger partial charge in [-0.05, 0) is 6.42 Å². The lowest BCUT2D eigenvalue weighted by atomic mass is 9.90.